The van der Waals surface area contributed by atoms with E-state index in [-0.39, 0.29) is 30.2 Å². The lowest BCUT2D eigenvalue weighted by molar-refractivity contribution is -0.152. The molecule has 1 aromatic carbocycles. The van der Waals surface area contributed by atoms with Gasteiger partial charge < -0.3 is 9.88 Å². The summed E-state index contributed by atoms with van der Waals surface area (Å²) in [4.78, 5) is 38.5. The molecule has 0 unspecified atom stereocenters. The van der Waals surface area contributed by atoms with Crippen molar-refractivity contribution in [1.82, 2.24) is 9.88 Å². The Balaban J connectivity index is 1.60. The fourth-order valence-corrected chi connectivity index (χ4v) is 4.16. The van der Waals surface area contributed by atoms with Gasteiger partial charge in [-0.15, -0.1) is 0 Å². The molecular weight excluding hydrogens is 320 g/mol. The first-order valence-corrected chi connectivity index (χ1v) is 8.29. The maximum atomic E-state index is 12.6. The first kappa shape index (κ1) is 14.3. The predicted molar refractivity (Wildman–Crippen MR) is 90.3 cm³/mol. The standard InChI is InChI=1S/C18H16N4O3/c23-14-10-19-15-13(6-7-21(15)12-4-2-1-3-5-12)22(14)18-8-11(9-18)16(24)20-17(18)25/h1-7,11,19H,8-10H2,(H,20,24,25). The molecule has 0 atom stereocenters. The Morgan fingerprint density at radius 1 is 1.04 bits per heavy atom. The number of rotatable bonds is 2. The number of aromatic nitrogens is 1. The average molecular weight is 336 g/mol. The maximum Gasteiger partial charge on any atom is 0.252 e. The number of nitrogens with zero attached hydrogens (tertiary/aromatic N) is 2. The minimum absolute atomic E-state index is 0.123. The lowest BCUT2D eigenvalue weighted by Crippen LogP contribution is -2.75. The van der Waals surface area contributed by atoms with Crippen molar-refractivity contribution in [2.24, 2.45) is 5.92 Å². The average Bonchev–Trinajstić information content (AvgIpc) is 2.99. The lowest BCUT2D eigenvalue weighted by atomic mass is 9.63. The van der Waals surface area contributed by atoms with Gasteiger partial charge in [0.1, 0.15) is 11.4 Å². The first-order chi connectivity index (χ1) is 12.1. The Kier molecular flexibility index (Phi) is 2.69. The first-order valence-electron chi connectivity index (χ1n) is 8.29. The molecule has 3 amide bonds. The summed E-state index contributed by atoms with van der Waals surface area (Å²) in [6, 6.07) is 11.6. The third kappa shape index (κ3) is 1.77. The Hall–Kier alpha value is -3.09. The van der Waals surface area contributed by atoms with Crippen molar-refractivity contribution in [2.75, 3.05) is 16.8 Å². The number of amides is 3. The van der Waals surface area contributed by atoms with Crippen molar-refractivity contribution in [3.05, 3.63) is 42.6 Å². The summed E-state index contributed by atoms with van der Waals surface area (Å²) >= 11 is 0. The molecule has 0 spiro atoms. The molecule has 7 nitrogen and oxygen atoms in total. The highest BCUT2D eigenvalue weighted by molar-refractivity contribution is 6.15. The van der Waals surface area contributed by atoms with Gasteiger partial charge in [0.2, 0.25) is 11.8 Å². The van der Waals surface area contributed by atoms with Gasteiger partial charge in [0.25, 0.3) is 5.91 Å². The summed E-state index contributed by atoms with van der Waals surface area (Å²) in [5.74, 6) is -0.139. The Morgan fingerprint density at radius 3 is 2.52 bits per heavy atom. The number of anilines is 2. The van der Waals surface area contributed by atoms with E-state index in [4.69, 9.17) is 0 Å². The molecule has 2 bridgehead atoms. The fraction of sp³-hybridized carbons (Fsp3) is 0.278. The van der Waals surface area contributed by atoms with E-state index in [9.17, 15) is 14.4 Å². The number of imide groups is 1. The van der Waals surface area contributed by atoms with Crippen LogP contribution in [0.3, 0.4) is 0 Å². The Bertz CT molecular complexity index is 912. The molecule has 6 rings (SSSR count). The van der Waals surface area contributed by atoms with E-state index in [2.05, 4.69) is 10.6 Å². The van der Waals surface area contributed by atoms with Crippen molar-refractivity contribution in [1.29, 1.82) is 0 Å². The van der Waals surface area contributed by atoms with Gasteiger partial charge in [-0.3, -0.25) is 24.6 Å². The van der Waals surface area contributed by atoms with Crippen molar-refractivity contribution in [2.45, 2.75) is 18.4 Å². The highest BCUT2D eigenvalue weighted by Gasteiger charge is 2.63. The van der Waals surface area contributed by atoms with Gasteiger partial charge in [0, 0.05) is 17.8 Å². The molecule has 2 N–H and O–H groups in total. The van der Waals surface area contributed by atoms with E-state index in [1.165, 1.54) is 0 Å². The molecule has 7 heteroatoms. The topological polar surface area (TPSA) is 83.4 Å². The second-order valence-electron chi connectivity index (χ2n) is 6.79. The molecule has 4 heterocycles. The van der Waals surface area contributed by atoms with Crippen LogP contribution in [0.1, 0.15) is 12.8 Å². The van der Waals surface area contributed by atoms with Gasteiger partial charge in [0.05, 0.1) is 12.2 Å². The van der Waals surface area contributed by atoms with E-state index in [0.29, 0.717) is 18.5 Å². The lowest BCUT2D eigenvalue weighted by Gasteiger charge is -2.55. The summed E-state index contributed by atoms with van der Waals surface area (Å²) in [5, 5.41) is 5.57. The zero-order valence-electron chi connectivity index (χ0n) is 13.4. The van der Waals surface area contributed by atoms with E-state index in [1.807, 2.05) is 47.2 Å². The third-order valence-electron chi connectivity index (χ3n) is 5.42. The minimum atomic E-state index is -0.935. The molecule has 2 saturated heterocycles. The minimum Gasteiger partial charge on any atom is -0.360 e. The van der Waals surface area contributed by atoms with Crippen molar-refractivity contribution >= 4 is 29.2 Å². The van der Waals surface area contributed by atoms with Crippen molar-refractivity contribution in [3.63, 3.8) is 0 Å². The van der Waals surface area contributed by atoms with E-state index < -0.39 is 5.54 Å². The monoisotopic (exact) mass is 336 g/mol. The van der Waals surface area contributed by atoms with E-state index >= 15 is 0 Å². The van der Waals surface area contributed by atoms with E-state index in [0.717, 1.165) is 11.5 Å². The van der Waals surface area contributed by atoms with Gasteiger partial charge in [-0.25, -0.2) is 0 Å². The van der Waals surface area contributed by atoms with Crippen LogP contribution in [-0.2, 0) is 14.4 Å². The SMILES string of the molecule is O=C1NC(=O)C2(N3C(=O)CNc4c3ccn4-c3ccccc3)CC1C2. The number of fused-ring (bicyclic) bond motifs is 3. The molecule has 2 aromatic rings. The number of hydrogen-bond donors (Lipinski definition) is 2. The van der Waals surface area contributed by atoms with Crippen LogP contribution in [0.25, 0.3) is 5.69 Å². The van der Waals surface area contributed by atoms with Crippen molar-refractivity contribution in [3.8, 4) is 5.69 Å². The van der Waals surface area contributed by atoms with Crippen molar-refractivity contribution < 1.29 is 14.4 Å². The normalized spacial score (nSPS) is 27.3. The summed E-state index contributed by atoms with van der Waals surface area (Å²) in [6.07, 6.45) is 2.69. The summed E-state index contributed by atoms with van der Waals surface area (Å²) in [5.41, 5.74) is 0.718. The van der Waals surface area contributed by atoms with Crippen LogP contribution in [0.5, 0.6) is 0 Å². The molecule has 1 aromatic heterocycles. The summed E-state index contributed by atoms with van der Waals surface area (Å²) in [7, 11) is 0. The van der Waals surface area contributed by atoms with E-state index in [1.54, 1.807) is 4.90 Å². The van der Waals surface area contributed by atoms with Crippen LogP contribution in [0.2, 0.25) is 0 Å². The highest BCUT2D eigenvalue weighted by atomic mass is 16.2. The highest BCUT2D eigenvalue weighted by Crippen LogP contribution is 2.50. The molecule has 1 saturated carbocycles. The summed E-state index contributed by atoms with van der Waals surface area (Å²) in [6.45, 7) is 0.123. The number of para-hydroxylation sites is 1. The van der Waals surface area contributed by atoms with Crippen LogP contribution in [-0.4, -0.2) is 34.4 Å². The molecule has 4 aliphatic rings. The van der Waals surface area contributed by atoms with Crippen LogP contribution in [0.4, 0.5) is 11.5 Å². The van der Waals surface area contributed by atoms with Gasteiger partial charge in [-0.2, -0.15) is 0 Å². The Labute approximate surface area is 143 Å². The number of carbonyl (C=O) groups is 3. The zero-order chi connectivity index (χ0) is 17.2. The van der Waals surface area contributed by atoms with Crippen LogP contribution >= 0.6 is 0 Å². The van der Waals surface area contributed by atoms with Gasteiger partial charge in [-0.05, 0) is 31.0 Å². The predicted octanol–water partition coefficient (Wildman–Crippen LogP) is 1.04. The van der Waals surface area contributed by atoms with Crippen LogP contribution < -0.4 is 15.5 Å². The summed E-state index contributed by atoms with van der Waals surface area (Å²) < 4.78 is 1.97. The quantitative estimate of drug-likeness (QED) is 0.803. The number of hydrogen-bond acceptors (Lipinski definition) is 4. The van der Waals surface area contributed by atoms with Gasteiger partial charge in [0.15, 0.2) is 0 Å². The molecule has 1 aliphatic carbocycles. The number of carbonyl (C=O) groups excluding carboxylic acids is 3. The largest absolute Gasteiger partial charge is 0.360 e. The van der Waals surface area contributed by atoms with Crippen LogP contribution in [0, 0.1) is 5.92 Å². The fourth-order valence-electron chi connectivity index (χ4n) is 4.16. The number of piperidine rings is 2. The zero-order valence-corrected chi connectivity index (χ0v) is 13.4. The molecule has 25 heavy (non-hydrogen) atoms. The van der Waals surface area contributed by atoms with Crippen LogP contribution in [0.15, 0.2) is 42.6 Å². The molecule has 126 valence electrons. The smallest absolute Gasteiger partial charge is 0.252 e. The molecular formula is C18H16N4O3. The van der Waals surface area contributed by atoms with Gasteiger partial charge in [-0.1, -0.05) is 18.2 Å². The molecule has 3 fully saturated rings. The second kappa shape index (κ2) is 4.72. The number of benzene rings is 1. The maximum absolute atomic E-state index is 12.6. The second-order valence-corrected chi connectivity index (χ2v) is 6.79. The Morgan fingerprint density at radius 2 is 1.80 bits per heavy atom. The number of nitrogens with one attached hydrogen (secondary N) is 2. The van der Waals surface area contributed by atoms with Gasteiger partial charge >= 0.3 is 0 Å². The third-order valence-corrected chi connectivity index (χ3v) is 5.42. The molecule has 0 radical (unpaired) electrons. The molecule has 3 aliphatic heterocycles.